The Morgan fingerprint density at radius 2 is 1.76 bits per heavy atom. The van der Waals surface area contributed by atoms with Crippen molar-refractivity contribution >= 4 is 40.2 Å². The molecule has 0 saturated heterocycles. The fourth-order valence-electron chi connectivity index (χ4n) is 1.05. The highest BCUT2D eigenvalue weighted by Crippen LogP contribution is 2.17. The van der Waals surface area contributed by atoms with Crippen LogP contribution in [0.15, 0.2) is 24.3 Å². The highest BCUT2D eigenvalue weighted by molar-refractivity contribution is 14.1. The molecule has 92 valence electrons. The molecule has 1 aromatic rings. The second-order valence-corrected chi connectivity index (χ2v) is 4.36. The van der Waals surface area contributed by atoms with Crippen LogP contribution in [0.4, 0.5) is 5.69 Å². The smallest absolute Gasteiger partial charge is 0.335 e. The highest BCUT2D eigenvalue weighted by atomic mass is 127. The topological polar surface area (TPSA) is 107 Å². The molecule has 4 N–H and O–H groups in total. The predicted molar refractivity (Wildman–Crippen MR) is 67.4 cm³/mol. The summed E-state index contributed by atoms with van der Waals surface area (Å²) in [5.41, 5.74) is 0.440. The van der Waals surface area contributed by atoms with Crippen LogP contribution in [0.25, 0.3) is 0 Å². The minimum atomic E-state index is -2.14. The number of hydrogen-bond acceptors (Lipinski definition) is 4. The number of hydrogen-bond donors (Lipinski definition) is 4. The highest BCUT2D eigenvalue weighted by Gasteiger charge is 2.30. The average Bonchev–Trinajstić information content (AvgIpc) is 2.30. The summed E-state index contributed by atoms with van der Waals surface area (Å²) >= 11 is 1.97. The van der Waals surface area contributed by atoms with Crippen molar-refractivity contribution in [3.8, 4) is 0 Å². The van der Waals surface area contributed by atoms with Gasteiger partial charge in [-0.3, -0.25) is 4.79 Å². The first-order valence-electron chi connectivity index (χ1n) is 4.58. The number of halogens is 1. The number of nitrogens with one attached hydrogen (secondary N) is 1. The maximum Gasteiger partial charge on any atom is 0.335 e. The lowest BCUT2D eigenvalue weighted by Gasteiger charge is -2.14. The number of carboxylic acid groups (broad SMARTS) is 1. The molecule has 1 aromatic carbocycles. The number of benzene rings is 1. The maximum atomic E-state index is 11.4. The van der Waals surface area contributed by atoms with E-state index in [2.05, 4.69) is 5.32 Å². The minimum Gasteiger partial charge on any atom is -0.479 e. The molecule has 0 aliphatic carbocycles. The SMILES string of the molecule is O=C(O)[C@@H](O)[C@H](O)C(=O)Nc1ccccc1I. The van der Waals surface area contributed by atoms with E-state index in [1.807, 2.05) is 22.6 Å². The van der Waals surface area contributed by atoms with E-state index in [4.69, 9.17) is 10.2 Å². The second-order valence-electron chi connectivity index (χ2n) is 3.20. The Kier molecular flexibility index (Phi) is 4.85. The molecule has 0 aliphatic rings. The van der Waals surface area contributed by atoms with Gasteiger partial charge in [0.05, 0.1) is 5.69 Å². The van der Waals surface area contributed by atoms with Gasteiger partial charge in [0.1, 0.15) is 0 Å². The Morgan fingerprint density at radius 3 is 2.29 bits per heavy atom. The zero-order valence-electron chi connectivity index (χ0n) is 8.50. The quantitative estimate of drug-likeness (QED) is 0.573. The molecule has 2 atom stereocenters. The molecule has 0 aromatic heterocycles. The van der Waals surface area contributed by atoms with Gasteiger partial charge in [-0.2, -0.15) is 0 Å². The third-order valence-electron chi connectivity index (χ3n) is 1.95. The summed E-state index contributed by atoms with van der Waals surface area (Å²) < 4.78 is 0.732. The molecule has 6 nitrogen and oxygen atoms in total. The van der Waals surface area contributed by atoms with Gasteiger partial charge in [0.25, 0.3) is 5.91 Å². The largest absolute Gasteiger partial charge is 0.479 e. The number of aliphatic hydroxyl groups excluding tert-OH is 2. The summed E-state index contributed by atoms with van der Waals surface area (Å²) in [7, 11) is 0. The zero-order valence-corrected chi connectivity index (χ0v) is 10.7. The molecule has 0 radical (unpaired) electrons. The third-order valence-corrected chi connectivity index (χ3v) is 2.89. The lowest BCUT2D eigenvalue weighted by atomic mass is 10.2. The van der Waals surface area contributed by atoms with Gasteiger partial charge in [0.2, 0.25) is 0 Å². The zero-order chi connectivity index (χ0) is 13.0. The van der Waals surface area contributed by atoms with Crippen molar-refractivity contribution in [1.29, 1.82) is 0 Å². The van der Waals surface area contributed by atoms with Gasteiger partial charge in [-0.05, 0) is 34.7 Å². The van der Waals surface area contributed by atoms with E-state index in [1.54, 1.807) is 24.3 Å². The summed E-state index contributed by atoms with van der Waals surface area (Å²) in [5, 5.41) is 29.0. The van der Waals surface area contributed by atoms with Crippen LogP contribution < -0.4 is 5.32 Å². The maximum absolute atomic E-state index is 11.4. The molecule has 0 saturated carbocycles. The first-order valence-corrected chi connectivity index (χ1v) is 5.65. The standard InChI is InChI=1S/C10H10INO5/c11-5-3-1-2-4-6(5)12-9(15)7(13)8(14)10(16)17/h1-4,7-8,13-14H,(H,12,15)(H,16,17)/t7-,8-/m0/s1. The summed E-state index contributed by atoms with van der Waals surface area (Å²) in [6, 6.07) is 6.77. The van der Waals surface area contributed by atoms with Crippen molar-refractivity contribution in [2.24, 2.45) is 0 Å². The monoisotopic (exact) mass is 351 g/mol. The number of aliphatic hydroxyl groups is 2. The fourth-order valence-corrected chi connectivity index (χ4v) is 1.57. The number of para-hydroxylation sites is 1. The van der Waals surface area contributed by atoms with E-state index >= 15 is 0 Å². The van der Waals surface area contributed by atoms with Crippen molar-refractivity contribution in [3.05, 3.63) is 27.8 Å². The van der Waals surface area contributed by atoms with Crippen LogP contribution in [0.1, 0.15) is 0 Å². The summed E-state index contributed by atoms with van der Waals surface area (Å²) in [4.78, 5) is 21.8. The van der Waals surface area contributed by atoms with Crippen molar-refractivity contribution in [2.75, 3.05) is 5.32 Å². The Balaban J connectivity index is 2.73. The van der Waals surface area contributed by atoms with Gasteiger partial charge in [0, 0.05) is 3.57 Å². The molecule has 0 heterocycles. The summed E-state index contributed by atoms with van der Waals surface area (Å²) in [5.74, 6) is -2.63. The van der Waals surface area contributed by atoms with Gasteiger partial charge in [-0.15, -0.1) is 0 Å². The van der Waals surface area contributed by atoms with Crippen LogP contribution in [0.3, 0.4) is 0 Å². The predicted octanol–water partition coefficient (Wildman–Crippen LogP) is 0.0361. The number of amides is 1. The average molecular weight is 351 g/mol. The van der Waals surface area contributed by atoms with Crippen LogP contribution in [0, 0.1) is 3.57 Å². The molecular weight excluding hydrogens is 341 g/mol. The molecule has 1 rings (SSSR count). The number of carboxylic acids is 1. The van der Waals surface area contributed by atoms with Gasteiger partial charge >= 0.3 is 5.97 Å². The van der Waals surface area contributed by atoms with Crippen LogP contribution in [0.2, 0.25) is 0 Å². The van der Waals surface area contributed by atoms with Gasteiger partial charge in [-0.1, -0.05) is 12.1 Å². The molecule has 17 heavy (non-hydrogen) atoms. The number of anilines is 1. The lowest BCUT2D eigenvalue weighted by molar-refractivity contribution is -0.156. The van der Waals surface area contributed by atoms with E-state index in [0.29, 0.717) is 5.69 Å². The van der Waals surface area contributed by atoms with E-state index in [-0.39, 0.29) is 0 Å². The minimum absolute atomic E-state index is 0.440. The van der Waals surface area contributed by atoms with E-state index in [9.17, 15) is 14.7 Å². The van der Waals surface area contributed by atoms with E-state index < -0.39 is 24.1 Å². The second kappa shape index (κ2) is 5.94. The Morgan fingerprint density at radius 1 is 1.18 bits per heavy atom. The first kappa shape index (κ1) is 13.9. The normalized spacial score (nSPS) is 13.8. The molecular formula is C10H10INO5. The summed E-state index contributed by atoms with van der Waals surface area (Å²) in [6.07, 6.45) is -4.15. The van der Waals surface area contributed by atoms with Gasteiger partial charge < -0.3 is 20.6 Å². The molecule has 0 aliphatic heterocycles. The van der Waals surface area contributed by atoms with Crippen molar-refractivity contribution in [3.63, 3.8) is 0 Å². The van der Waals surface area contributed by atoms with E-state index in [1.165, 1.54) is 0 Å². The van der Waals surface area contributed by atoms with Crippen molar-refractivity contribution in [1.82, 2.24) is 0 Å². The molecule has 0 bridgehead atoms. The third kappa shape index (κ3) is 3.65. The first-order chi connectivity index (χ1) is 7.93. The molecule has 0 unspecified atom stereocenters. The van der Waals surface area contributed by atoms with Crippen molar-refractivity contribution < 1.29 is 24.9 Å². The van der Waals surface area contributed by atoms with Crippen LogP contribution >= 0.6 is 22.6 Å². The van der Waals surface area contributed by atoms with Crippen LogP contribution in [-0.2, 0) is 9.59 Å². The van der Waals surface area contributed by atoms with Gasteiger partial charge in [0.15, 0.2) is 12.2 Å². The summed E-state index contributed by atoms with van der Waals surface area (Å²) in [6.45, 7) is 0. The molecule has 0 fully saturated rings. The number of carbonyl (C=O) groups is 2. The lowest BCUT2D eigenvalue weighted by Crippen LogP contribution is -2.42. The number of aliphatic carboxylic acids is 1. The molecule has 7 heteroatoms. The Bertz CT molecular complexity index is 436. The van der Waals surface area contributed by atoms with Crippen LogP contribution in [-0.4, -0.2) is 39.4 Å². The molecule has 0 spiro atoms. The number of carbonyl (C=O) groups excluding carboxylic acids is 1. The van der Waals surface area contributed by atoms with E-state index in [0.717, 1.165) is 3.57 Å². The Hall–Kier alpha value is -1.19. The molecule has 1 amide bonds. The fraction of sp³-hybridized carbons (Fsp3) is 0.200. The Labute approximate surface area is 110 Å². The van der Waals surface area contributed by atoms with Gasteiger partial charge in [-0.25, -0.2) is 4.79 Å². The van der Waals surface area contributed by atoms with Crippen molar-refractivity contribution in [2.45, 2.75) is 12.2 Å². The number of rotatable bonds is 4. The van der Waals surface area contributed by atoms with Crippen LogP contribution in [0.5, 0.6) is 0 Å².